The molecule has 0 heterocycles. The molecule has 0 aromatic heterocycles. The first kappa shape index (κ1) is 14.1. The summed E-state index contributed by atoms with van der Waals surface area (Å²) < 4.78 is 21.3. The molecular weight excluding hydrogens is 200 g/mol. The third kappa shape index (κ3) is 6.50. The zero-order valence-corrected chi connectivity index (χ0v) is 10.7. The van der Waals surface area contributed by atoms with Crippen LogP contribution in [0.5, 0.6) is 0 Å². The van der Waals surface area contributed by atoms with Crippen LogP contribution < -0.4 is 0 Å². The third-order valence-corrected chi connectivity index (χ3v) is 4.95. The summed E-state index contributed by atoms with van der Waals surface area (Å²) in [5.74, 6) is 0. The van der Waals surface area contributed by atoms with Crippen molar-refractivity contribution in [3.8, 4) is 0 Å². The van der Waals surface area contributed by atoms with Crippen LogP contribution in [-0.4, -0.2) is 49.2 Å². The largest absolute Gasteiger partial charge is 0.392 e. The standard InChI is InChI=1S/C9H22O4Si/c1-5-14(4,12-8-6-10-2)13-9-7-11-3/h5-9H2,1-4H3. The lowest BCUT2D eigenvalue weighted by Crippen LogP contribution is -2.39. The van der Waals surface area contributed by atoms with Crippen LogP contribution in [0.1, 0.15) is 6.92 Å². The van der Waals surface area contributed by atoms with Gasteiger partial charge in [-0.2, -0.15) is 0 Å². The molecule has 0 aromatic carbocycles. The molecule has 0 fully saturated rings. The average molecular weight is 222 g/mol. The Morgan fingerprint density at radius 2 is 1.29 bits per heavy atom. The second kappa shape index (κ2) is 8.37. The SMILES string of the molecule is CC[Si](C)(OCCOC)OCCOC. The van der Waals surface area contributed by atoms with Crippen molar-refractivity contribution in [3.05, 3.63) is 0 Å². The molecule has 4 nitrogen and oxygen atoms in total. The summed E-state index contributed by atoms with van der Waals surface area (Å²) in [5.41, 5.74) is 0. The van der Waals surface area contributed by atoms with Crippen LogP contribution in [0.4, 0.5) is 0 Å². The van der Waals surface area contributed by atoms with Gasteiger partial charge in [0, 0.05) is 14.2 Å². The minimum Gasteiger partial charge on any atom is -0.392 e. The number of methoxy groups -OCH3 is 2. The van der Waals surface area contributed by atoms with Crippen molar-refractivity contribution < 1.29 is 18.3 Å². The monoisotopic (exact) mass is 222 g/mol. The van der Waals surface area contributed by atoms with Crippen molar-refractivity contribution in [2.45, 2.75) is 19.5 Å². The fourth-order valence-corrected chi connectivity index (χ4v) is 2.45. The van der Waals surface area contributed by atoms with Crippen molar-refractivity contribution in [1.82, 2.24) is 0 Å². The van der Waals surface area contributed by atoms with Gasteiger partial charge >= 0.3 is 8.56 Å². The second-order valence-corrected chi connectivity index (χ2v) is 6.72. The molecule has 0 bridgehead atoms. The smallest absolute Gasteiger partial charge is 0.334 e. The van der Waals surface area contributed by atoms with Gasteiger partial charge in [-0.15, -0.1) is 0 Å². The summed E-state index contributed by atoms with van der Waals surface area (Å²) in [6, 6.07) is 0.945. The van der Waals surface area contributed by atoms with Crippen LogP contribution in [0.15, 0.2) is 0 Å². The molecule has 0 aromatic rings. The van der Waals surface area contributed by atoms with Gasteiger partial charge in [-0.25, -0.2) is 0 Å². The lowest BCUT2D eigenvalue weighted by Gasteiger charge is -2.25. The van der Waals surface area contributed by atoms with Crippen LogP contribution in [0.3, 0.4) is 0 Å². The molecule has 0 atom stereocenters. The quantitative estimate of drug-likeness (QED) is 0.436. The Balaban J connectivity index is 3.67. The minimum absolute atomic E-state index is 0.611. The molecule has 0 N–H and O–H groups in total. The summed E-state index contributed by atoms with van der Waals surface area (Å²) in [5, 5.41) is 0. The fourth-order valence-electron chi connectivity index (χ4n) is 0.928. The Bertz CT molecular complexity index is 122. The summed E-state index contributed by atoms with van der Waals surface area (Å²) in [6.45, 7) is 6.62. The van der Waals surface area contributed by atoms with Gasteiger partial charge in [0.05, 0.1) is 26.4 Å². The number of hydrogen-bond acceptors (Lipinski definition) is 4. The summed E-state index contributed by atoms with van der Waals surface area (Å²) >= 11 is 0. The van der Waals surface area contributed by atoms with E-state index in [0.29, 0.717) is 26.4 Å². The maximum absolute atomic E-state index is 5.70. The van der Waals surface area contributed by atoms with E-state index in [1.54, 1.807) is 14.2 Å². The molecule has 86 valence electrons. The van der Waals surface area contributed by atoms with E-state index in [1.165, 1.54) is 0 Å². The van der Waals surface area contributed by atoms with E-state index < -0.39 is 8.56 Å². The summed E-state index contributed by atoms with van der Waals surface area (Å²) in [4.78, 5) is 0. The Hall–Kier alpha value is 0.0569. The third-order valence-electron chi connectivity index (χ3n) is 2.03. The lowest BCUT2D eigenvalue weighted by atomic mass is 10.8. The topological polar surface area (TPSA) is 36.9 Å². The minimum atomic E-state index is -1.96. The number of rotatable bonds is 9. The molecule has 0 amide bonds. The normalized spacial score (nSPS) is 12.0. The van der Waals surface area contributed by atoms with Gasteiger partial charge in [-0.3, -0.25) is 0 Å². The van der Waals surface area contributed by atoms with E-state index in [9.17, 15) is 0 Å². The van der Waals surface area contributed by atoms with Gasteiger partial charge in [0.25, 0.3) is 0 Å². The maximum atomic E-state index is 5.70. The molecule has 0 saturated heterocycles. The van der Waals surface area contributed by atoms with Crippen LogP contribution in [-0.2, 0) is 18.3 Å². The molecular formula is C9H22O4Si. The first-order valence-electron chi connectivity index (χ1n) is 4.94. The predicted molar refractivity (Wildman–Crippen MR) is 57.8 cm³/mol. The van der Waals surface area contributed by atoms with Crippen LogP contribution in [0, 0.1) is 0 Å². The van der Waals surface area contributed by atoms with E-state index in [0.717, 1.165) is 6.04 Å². The van der Waals surface area contributed by atoms with Crippen molar-refractivity contribution in [2.24, 2.45) is 0 Å². The highest BCUT2D eigenvalue weighted by atomic mass is 28.4. The molecule has 0 aliphatic rings. The van der Waals surface area contributed by atoms with E-state index in [-0.39, 0.29) is 0 Å². The number of ether oxygens (including phenoxy) is 2. The first-order valence-corrected chi connectivity index (χ1v) is 7.46. The highest BCUT2D eigenvalue weighted by molar-refractivity contribution is 6.65. The molecule has 0 spiro atoms. The van der Waals surface area contributed by atoms with Gasteiger partial charge in [0.1, 0.15) is 0 Å². The zero-order valence-electron chi connectivity index (χ0n) is 9.67. The summed E-state index contributed by atoms with van der Waals surface area (Å²) in [6.07, 6.45) is 0. The predicted octanol–water partition coefficient (Wildman–Crippen LogP) is 1.40. The van der Waals surface area contributed by atoms with Crippen molar-refractivity contribution in [1.29, 1.82) is 0 Å². The molecule has 0 aliphatic carbocycles. The van der Waals surface area contributed by atoms with Crippen LogP contribution in [0.2, 0.25) is 12.6 Å². The number of hydrogen-bond donors (Lipinski definition) is 0. The van der Waals surface area contributed by atoms with Crippen LogP contribution >= 0.6 is 0 Å². The van der Waals surface area contributed by atoms with Gasteiger partial charge < -0.3 is 18.3 Å². The fraction of sp³-hybridized carbons (Fsp3) is 1.00. The molecule has 0 radical (unpaired) electrons. The second-order valence-electron chi connectivity index (χ2n) is 3.17. The molecule has 0 rings (SSSR count). The average Bonchev–Trinajstić information content (AvgIpc) is 2.19. The van der Waals surface area contributed by atoms with Gasteiger partial charge in [-0.1, -0.05) is 6.92 Å². The Morgan fingerprint density at radius 3 is 1.57 bits per heavy atom. The maximum Gasteiger partial charge on any atom is 0.334 e. The van der Waals surface area contributed by atoms with E-state index in [1.807, 2.05) is 0 Å². The first-order chi connectivity index (χ1) is 6.68. The Kier molecular flexibility index (Phi) is 8.41. The van der Waals surface area contributed by atoms with E-state index >= 15 is 0 Å². The highest BCUT2D eigenvalue weighted by Gasteiger charge is 2.28. The Labute approximate surface area is 87.7 Å². The van der Waals surface area contributed by atoms with Gasteiger partial charge in [-0.05, 0) is 12.6 Å². The van der Waals surface area contributed by atoms with Crippen molar-refractivity contribution >= 4 is 8.56 Å². The molecule has 5 heteroatoms. The highest BCUT2D eigenvalue weighted by Crippen LogP contribution is 2.12. The van der Waals surface area contributed by atoms with Gasteiger partial charge in [0.2, 0.25) is 0 Å². The van der Waals surface area contributed by atoms with E-state index in [4.69, 9.17) is 18.3 Å². The van der Waals surface area contributed by atoms with Crippen molar-refractivity contribution in [3.63, 3.8) is 0 Å². The lowest BCUT2D eigenvalue weighted by molar-refractivity contribution is 0.0890. The molecule has 0 saturated carbocycles. The van der Waals surface area contributed by atoms with Crippen LogP contribution in [0.25, 0.3) is 0 Å². The Morgan fingerprint density at radius 1 is 0.857 bits per heavy atom. The molecule has 0 aliphatic heterocycles. The molecule has 14 heavy (non-hydrogen) atoms. The van der Waals surface area contributed by atoms with Gasteiger partial charge in [0.15, 0.2) is 0 Å². The summed E-state index contributed by atoms with van der Waals surface area (Å²) in [7, 11) is 1.38. The van der Waals surface area contributed by atoms with Crippen molar-refractivity contribution in [2.75, 3.05) is 40.6 Å². The molecule has 0 unspecified atom stereocenters. The van der Waals surface area contributed by atoms with E-state index in [2.05, 4.69) is 13.5 Å². The zero-order chi connectivity index (χ0) is 10.9.